The number of rotatable bonds is 7. The summed E-state index contributed by atoms with van der Waals surface area (Å²) >= 11 is 0.558. The van der Waals surface area contributed by atoms with Gasteiger partial charge in [-0.2, -0.15) is 17.5 Å². The average Bonchev–Trinajstić information content (AvgIpc) is 3.43. The van der Waals surface area contributed by atoms with E-state index in [4.69, 9.17) is 4.74 Å². The minimum atomic E-state index is -4.95. The second kappa shape index (κ2) is 11.2. The van der Waals surface area contributed by atoms with E-state index >= 15 is 0 Å². The molecule has 3 saturated heterocycles. The van der Waals surface area contributed by atoms with Gasteiger partial charge >= 0.3 is 11.2 Å². The van der Waals surface area contributed by atoms with E-state index in [1.165, 1.54) is 10.4 Å². The zero-order chi connectivity index (χ0) is 30.6. The number of fused-ring (bicyclic) bond motifs is 2. The number of halogens is 3. The fourth-order valence-electron chi connectivity index (χ4n) is 5.78. The minimum Gasteiger partial charge on any atom is -0.393 e. The molecule has 13 nitrogen and oxygen atoms in total. The van der Waals surface area contributed by atoms with Crippen molar-refractivity contribution < 1.29 is 41.5 Å². The third kappa shape index (κ3) is 5.72. The number of piperazine rings is 1. The Bertz CT molecular complexity index is 1410. The van der Waals surface area contributed by atoms with Crippen molar-refractivity contribution in [2.75, 3.05) is 37.7 Å². The van der Waals surface area contributed by atoms with E-state index in [1.54, 1.807) is 4.90 Å². The molecule has 2 aromatic rings. The number of hydrogen-bond donors (Lipinski definition) is 2. The summed E-state index contributed by atoms with van der Waals surface area (Å²) in [7, 11) is -4.10. The maximum atomic E-state index is 13.5. The Hall–Kier alpha value is -2.48. The number of aliphatic hydroxyl groups is 2. The number of alkyl halides is 3. The summed E-state index contributed by atoms with van der Waals surface area (Å²) in [5.74, 6) is 0.0667. The zero-order valence-electron chi connectivity index (χ0n) is 22.7. The molecule has 42 heavy (non-hydrogen) atoms. The molecule has 0 radical (unpaired) electrons. The Morgan fingerprint density at radius 2 is 1.90 bits per heavy atom. The Labute approximate surface area is 243 Å². The lowest BCUT2D eigenvalue weighted by molar-refractivity contribution is -0.380. The molecule has 0 aromatic carbocycles. The Morgan fingerprint density at radius 3 is 2.52 bits per heavy atom. The van der Waals surface area contributed by atoms with Gasteiger partial charge in [0, 0.05) is 62.3 Å². The number of anilines is 1. The van der Waals surface area contributed by atoms with Gasteiger partial charge in [0.25, 0.3) is 10.0 Å². The molecule has 0 spiro atoms. The van der Waals surface area contributed by atoms with Crippen molar-refractivity contribution in [3.05, 3.63) is 40.2 Å². The number of nitrogens with zero attached hydrogens (tertiary/aromatic N) is 6. The van der Waals surface area contributed by atoms with Gasteiger partial charge in [0.05, 0.1) is 29.8 Å². The molecule has 2 bridgehead atoms. The highest BCUT2D eigenvalue weighted by Crippen LogP contribution is 2.39. The summed E-state index contributed by atoms with van der Waals surface area (Å²) in [6.07, 6.45) is -2.91. The summed E-state index contributed by atoms with van der Waals surface area (Å²) in [5, 5.41) is 31.3. The predicted molar refractivity (Wildman–Crippen MR) is 143 cm³/mol. The molecule has 0 aliphatic carbocycles. The van der Waals surface area contributed by atoms with Gasteiger partial charge in [0.15, 0.2) is 5.60 Å². The van der Waals surface area contributed by atoms with Crippen LogP contribution in [0.5, 0.6) is 0 Å². The number of hydrogen-bond acceptors (Lipinski definition) is 12. The van der Waals surface area contributed by atoms with Crippen molar-refractivity contribution in [1.29, 1.82) is 0 Å². The Morgan fingerprint density at radius 1 is 1.21 bits per heavy atom. The minimum absolute atomic E-state index is 0.0268. The quantitative estimate of drug-likeness (QED) is 0.336. The van der Waals surface area contributed by atoms with Crippen LogP contribution in [0.4, 0.5) is 24.1 Å². The molecule has 0 amide bonds. The fraction of sp³-hybridized carbons (Fsp3) is 0.667. The standard InChI is InChI=1S/C24H31F3N6O7S2/c1-14-19-8-18(34)7-16(13-40-14)32(19)12-17-11-30(42(38,39)21-4-3-20(41-21)33(36)37)5-6-31(17)22-28-9-15(10-29-22)23(2,35)24(25,26)27/h3-4,9-10,14,16-19,34-35H,5-8,11-13H2,1-2H3/t14?,16-,17+,18?,19?,23?/m0/s1. The summed E-state index contributed by atoms with van der Waals surface area (Å²) in [4.78, 5) is 22.6. The van der Waals surface area contributed by atoms with E-state index in [9.17, 15) is 41.9 Å². The molecular weight excluding hydrogens is 605 g/mol. The zero-order valence-corrected chi connectivity index (χ0v) is 24.3. The topological polar surface area (TPSA) is 162 Å². The third-order valence-corrected chi connectivity index (χ3v) is 11.6. The molecule has 2 N–H and O–H groups in total. The monoisotopic (exact) mass is 636 g/mol. The van der Waals surface area contributed by atoms with Crippen LogP contribution < -0.4 is 4.90 Å². The van der Waals surface area contributed by atoms with E-state index < -0.39 is 44.4 Å². The highest BCUT2D eigenvalue weighted by molar-refractivity contribution is 7.91. The summed E-state index contributed by atoms with van der Waals surface area (Å²) in [6, 6.07) is 1.49. The van der Waals surface area contributed by atoms with E-state index in [0.29, 0.717) is 44.3 Å². The van der Waals surface area contributed by atoms with Gasteiger partial charge in [-0.15, -0.1) is 0 Å². The SMILES string of the molecule is CC1OC[C@@H]2CC(O)CC1N2C[C@H]1CN(S(=O)(=O)c2ccc([N+](=O)[O-])s2)CCN1c1ncc(C(C)(O)C(F)(F)F)cn1. The van der Waals surface area contributed by atoms with Gasteiger partial charge in [-0.05, 0) is 44.1 Å². The number of piperidine rings is 1. The smallest absolute Gasteiger partial charge is 0.393 e. The number of ether oxygens (including phenoxy) is 1. The third-order valence-electron chi connectivity index (χ3n) is 8.26. The highest BCUT2D eigenvalue weighted by Gasteiger charge is 2.52. The van der Waals surface area contributed by atoms with Gasteiger partial charge in [-0.25, -0.2) is 18.4 Å². The van der Waals surface area contributed by atoms with Crippen molar-refractivity contribution in [1.82, 2.24) is 19.2 Å². The maximum Gasteiger partial charge on any atom is 0.421 e. The van der Waals surface area contributed by atoms with Crippen LogP contribution in [0, 0.1) is 10.1 Å². The number of thiophene rings is 1. The number of sulfonamides is 1. The van der Waals surface area contributed by atoms with Crippen LogP contribution in [-0.2, 0) is 20.4 Å². The van der Waals surface area contributed by atoms with Crippen molar-refractivity contribution in [3.8, 4) is 0 Å². The van der Waals surface area contributed by atoms with Crippen molar-refractivity contribution in [3.63, 3.8) is 0 Å². The van der Waals surface area contributed by atoms with Crippen molar-refractivity contribution in [2.45, 2.75) is 73.0 Å². The molecule has 2 aromatic heterocycles. The number of aromatic nitrogens is 2. The average molecular weight is 637 g/mol. The first-order valence-corrected chi connectivity index (χ1v) is 15.5. The maximum absolute atomic E-state index is 13.5. The lowest BCUT2D eigenvalue weighted by Gasteiger charge is -2.53. The summed E-state index contributed by atoms with van der Waals surface area (Å²) in [6.45, 7) is 3.22. The van der Waals surface area contributed by atoms with Crippen LogP contribution in [0.3, 0.4) is 0 Å². The molecule has 18 heteroatoms. The van der Waals surface area contributed by atoms with E-state index in [1.807, 2.05) is 6.92 Å². The van der Waals surface area contributed by atoms with Gasteiger partial charge in [-0.3, -0.25) is 15.0 Å². The second-order valence-electron chi connectivity index (χ2n) is 11.0. The van der Waals surface area contributed by atoms with Gasteiger partial charge in [0.1, 0.15) is 4.21 Å². The molecular formula is C24H31F3N6O7S2. The summed E-state index contributed by atoms with van der Waals surface area (Å²) in [5.41, 5.74) is -3.70. The van der Waals surface area contributed by atoms with Crippen LogP contribution in [0.15, 0.2) is 28.7 Å². The molecule has 5 heterocycles. The first-order valence-electron chi connectivity index (χ1n) is 13.3. The highest BCUT2D eigenvalue weighted by atomic mass is 32.2. The molecule has 3 aliphatic heterocycles. The van der Waals surface area contributed by atoms with E-state index in [0.717, 1.165) is 18.5 Å². The Kier molecular flexibility index (Phi) is 8.27. The molecule has 6 atom stereocenters. The molecule has 5 rings (SSSR count). The first kappa shape index (κ1) is 31.0. The van der Waals surface area contributed by atoms with Gasteiger partial charge in [0.2, 0.25) is 5.95 Å². The Balaban J connectivity index is 1.45. The van der Waals surface area contributed by atoms with Crippen molar-refractivity contribution >= 4 is 32.3 Å². The molecule has 3 fully saturated rings. The lowest BCUT2D eigenvalue weighted by atomic mass is 9.88. The predicted octanol–water partition coefficient (Wildman–Crippen LogP) is 1.71. The van der Waals surface area contributed by atoms with Crippen LogP contribution in [0.1, 0.15) is 32.3 Å². The van der Waals surface area contributed by atoms with Crippen molar-refractivity contribution in [2.24, 2.45) is 0 Å². The molecule has 3 aliphatic rings. The van der Waals surface area contributed by atoms with Crippen LogP contribution in [-0.4, -0.2) is 112 Å². The number of aliphatic hydroxyl groups excluding tert-OH is 1. The fourth-order valence-corrected chi connectivity index (χ4v) is 8.51. The molecule has 232 valence electrons. The first-order chi connectivity index (χ1) is 19.6. The summed E-state index contributed by atoms with van der Waals surface area (Å²) < 4.78 is 74.0. The molecule has 4 unspecified atom stereocenters. The molecule has 0 saturated carbocycles. The van der Waals surface area contributed by atoms with Gasteiger partial charge in [-0.1, -0.05) is 0 Å². The van der Waals surface area contributed by atoms with E-state index in [2.05, 4.69) is 14.9 Å². The number of nitro groups is 1. The van der Waals surface area contributed by atoms with Crippen LogP contribution in [0.2, 0.25) is 0 Å². The van der Waals surface area contributed by atoms with Crippen LogP contribution >= 0.6 is 11.3 Å². The normalized spacial score (nSPS) is 29.3. The lowest BCUT2D eigenvalue weighted by Crippen LogP contribution is -2.66. The number of morpholine rings is 1. The second-order valence-corrected chi connectivity index (χ2v) is 14.2. The van der Waals surface area contributed by atoms with Crippen LogP contribution in [0.25, 0.3) is 0 Å². The van der Waals surface area contributed by atoms with E-state index in [-0.39, 0.29) is 53.0 Å². The van der Waals surface area contributed by atoms with Gasteiger partial charge < -0.3 is 19.8 Å². The largest absolute Gasteiger partial charge is 0.421 e.